The van der Waals surface area contributed by atoms with Crippen LogP contribution in [-0.4, -0.2) is 45.2 Å². The van der Waals surface area contributed by atoms with Gasteiger partial charge in [-0.15, -0.1) is 30.6 Å². The fraction of sp³-hybridized carbons (Fsp3) is 0.526. The molecule has 0 aliphatic heterocycles. The highest BCUT2D eigenvalue weighted by Gasteiger charge is 2.21. The highest BCUT2D eigenvalue weighted by atomic mass is 127. The first-order valence-corrected chi connectivity index (χ1v) is 8.12. The van der Waals surface area contributed by atoms with Crippen molar-refractivity contribution >= 4 is 29.9 Å². The number of rotatable bonds is 8. The summed E-state index contributed by atoms with van der Waals surface area (Å²) in [5.74, 6) is 1.81. The average Bonchev–Trinajstić information content (AvgIpc) is 2.55. The van der Waals surface area contributed by atoms with E-state index >= 15 is 0 Å². The minimum Gasteiger partial charge on any atom is -0.497 e. The Hall–Kier alpha value is -1.24. The van der Waals surface area contributed by atoms with Crippen LogP contribution in [0.2, 0.25) is 0 Å². The van der Waals surface area contributed by atoms with Crippen LogP contribution in [0.15, 0.2) is 41.9 Å². The number of nitrogens with one attached hydrogen (secondary N) is 1. The van der Waals surface area contributed by atoms with Crippen LogP contribution in [0.4, 0.5) is 0 Å². The molecule has 24 heavy (non-hydrogen) atoms. The van der Waals surface area contributed by atoms with Gasteiger partial charge < -0.3 is 15.0 Å². The summed E-state index contributed by atoms with van der Waals surface area (Å²) in [6.07, 6.45) is 4.07. The number of hydrogen-bond donors (Lipinski definition) is 1. The summed E-state index contributed by atoms with van der Waals surface area (Å²) in [6, 6.07) is 8.26. The molecule has 0 amide bonds. The van der Waals surface area contributed by atoms with Gasteiger partial charge in [0.15, 0.2) is 5.96 Å². The van der Waals surface area contributed by atoms with Crippen LogP contribution >= 0.6 is 24.0 Å². The average molecular weight is 445 g/mol. The molecule has 0 aliphatic rings. The minimum absolute atomic E-state index is 0. The first-order valence-electron chi connectivity index (χ1n) is 8.12. The number of ether oxygens (including phenoxy) is 1. The number of aliphatic imine (C=N–C) groups is 1. The summed E-state index contributed by atoms with van der Waals surface area (Å²) in [5.41, 5.74) is 1.28. The van der Waals surface area contributed by atoms with E-state index in [2.05, 4.69) is 54.8 Å². The number of guanidine groups is 1. The van der Waals surface area contributed by atoms with Gasteiger partial charge in [-0.1, -0.05) is 32.1 Å². The standard InChI is InChI=1S/C19H31N3O.HI/c1-7-8-9-14-22(5)18(20-4)21-15-19(2,3)16-10-12-17(23-6)13-11-16;/h7,10-13H,1,8-9,14-15H2,2-6H3,(H,20,21);1H. The van der Waals surface area contributed by atoms with E-state index in [1.165, 1.54) is 5.56 Å². The summed E-state index contributed by atoms with van der Waals surface area (Å²) in [4.78, 5) is 6.54. The third kappa shape index (κ3) is 7.11. The number of unbranched alkanes of at least 4 members (excludes halogenated alkanes) is 1. The van der Waals surface area contributed by atoms with Crippen molar-refractivity contribution in [1.82, 2.24) is 10.2 Å². The van der Waals surface area contributed by atoms with Crippen molar-refractivity contribution in [3.8, 4) is 5.75 Å². The summed E-state index contributed by atoms with van der Waals surface area (Å²) in [5, 5.41) is 3.48. The van der Waals surface area contributed by atoms with E-state index in [0.29, 0.717) is 0 Å². The second-order valence-electron chi connectivity index (χ2n) is 6.37. The molecule has 1 rings (SSSR count). The quantitative estimate of drug-likeness (QED) is 0.216. The lowest BCUT2D eigenvalue weighted by Crippen LogP contribution is -2.44. The molecule has 0 heterocycles. The van der Waals surface area contributed by atoms with E-state index in [-0.39, 0.29) is 29.4 Å². The van der Waals surface area contributed by atoms with Gasteiger partial charge in [0.2, 0.25) is 0 Å². The molecule has 1 aromatic carbocycles. The molecule has 136 valence electrons. The lowest BCUT2D eigenvalue weighted by atomic mass is 9.84. The monoisotopic (exact) mass is 445 g/mol. The summed E-state index contributed by atoms with van der Waals surface area (Å²) >= 11 is 0. The summed E-state index contributed by atoms with van der Waals surface area (Å²) in [7, 11) is 5.58. The first-order chi connectivity index (χ1) is 10.9. The van der Waals surface area contributed by atoms with Gasteiger partial charge in [-0.2, -0.15) is 0 Å². The molecule has 0 bridgehead atoms. The Balaban J connectivity index is 0.00000529. The van der Waals surface area contributed by atoms with E-state index in [0.717, 1.165) is 37.6 Å². The van der Waals surface area contributed by atoms with Crippen LogP contribution in [0, 0.1) is 0 Å². The van der Waals surface area contributed by atoms with Gasteiger partial charge in [0, 0.05) is 32.6 Å². The number of hydrogen-bond acceptors (Lipinski definition) is 2. The van der Waals surface area contributed by atoms with Gasteiger partial charge >= 0.3 is 0 Å². The topological polar surface area (TPSA) is 36.9 Å². The predicted octanol–water partition coefficient (Wildman–Crippen LogP) is 4.06. The molecule has 0 aliphatic carbocycles. The Morgan fingerprint density at radius 1 is 1.33 bits per heavy atom. The van der Waals surface area contributed by atoms with Gasteiger partial charge in [-0.05, 0) is 30.5 Å². The number of halogens is 1. The van der Waals surface area contributed by atoms with Gasteiger partial charge in [0.1, 0.15) is 5.75 Å². The lowest BCUT2D eigenvalue weighted by Gasteiger charge is -2.29. The molecule has 0 spiro atoms. The van der Waals surface area contributed by atoms with E-state index in [1.54, 1.807) is 7.11 Å². The van der Waals surface area contributed by atoms with E-state index < -0.39 is 0 Å². The van der Waals surface area contributed by atoms with Crippen molar-refractivity contribution in [2.24, 2.45) is 4.99 Å². The Bertz CT molecular complexity index is 512. The summed E-state index contributed by atoms with van der Waals surface area (Å²) in [6.45, 7) is 10.0. The van der Waals surface area contributed by atoms with Crippen molar-refractivity contribution in [3.05, 3.63) is 42.5 Å². The second-order valence-corrected chi connectivity index (χ2v) is 6.37. The third-order valence-electron chi connectivity index (χ3n) is 4.04. The SMILES string of the molecule is C=CCCCN(C)C(=NC)NCC(C)(C)c1ccc(OC)cc1.I. The molecule has 4 nitrogen and oxygen atoms in total. The number of methoxy groups -OCH3 is 1. The van der Waals surface area contributed by atoms with Crippen molar-refractivity contribution in [2.75, 3.05) is 34.3 Å². The number of nitrogens with zero attached hydrogens (tertiary/aromatic N) is 2. The Morgan fingerprint density at radius 2 is 1.96 bits per heavy atom. The van der Waals surface area contributed by atoms with Crippen LogP contribution in [-0.2, 0) is 5.41 Å². The molecule has 1 N–H and O–H groups in total. The Labute approximate surface area is 164 Å². The predicted molar refractivity (Wildman–Crippen MR) is 115 cm³/mol. The van der Waals surface area contributed by atoms with Crippen molar-refractivity contribution in [3.63, 3.8) is 0 Å². The zero-order valence-electron chi connectivity index (χ0n) is 15.6. The fourth-order valence-corrected chi connectivity index (χ4v) is 2.41. The fourth-order valence-electron chi connectivity index (χ4n) is 2.41. The van der Waals surface area contributed by atoms with E-state index in [9.17, 15) is 0 Å². The lowest BCUT2D eigenvalue weighted by molar-refractivity contribution is 0.413. The summed E-state index contributed by atoms with van der Waals surface area (Å²) < 4.78 is 5.23. The van der Waals surface area contributed by atoms with Crippen LogP contribution in [0.5, 0.6) is 5.75 Å². The molecule has 0 fully saturated rings. The molecule has 0 unspecified atom stereocenters. The molecular formula is C19H32IN3O. The highest BCUT2D eigenvalue weighted by Crippen LogP contribution is 2.24. The Morgan fingerprint density at radius 3 is 2.46 bits per heavy atom. The maximum absolute atomic E-state index is 5.23. The molecule has 0 radical (unpaired) electrons. The zero-order chi connectivity index (χ0) is 17.3. The smallest absolute Gasteiger partial charge is 0.193 e. The van der Waals surface area contributed by atoms with Crippen molar-refractivity contribution < 1.29 is 4.74 Å². The van der Waals surface area contributed by atoms with Crippen LogP contribution in [0.3, 0.4) is 0 Å². The largest absolute Gasteiger partial charge is 0.497 e. The van der Waals surface area contributed by atoms with Crippen LogP contribution in [0.25, 0.3) is 0 Å². The second kappa shape index (κ2) is 11.3. The number of benzene rings is 1. The molecule has 0 atom stereocenters. The zero-order valence-corrected chi connectivity index (χ0v) is 18.0. The van der Waals surface area contributed by atoms with E-state index in [1.807, 2.05) is 25.3 Å². The first kappa shape index (κ1) is 22.8. The maximum atomic E-state index is 5.23. The molecular weight excluding hydrogens is 413 g/mol. The molecule has 0 saturated carbocycles. The van der Waals surface area contributed by atoms with Gasteiger partial charge in [0.25, 0.3) is 0 Å². The maximum Gasteiger partial charge on any atom is 0.193 e. The van der Waals surface area contributed by atoms with Crippen LogP contribution in [0.1, 0.15) is 32.3 Å². The minimum atomic E-state index is 0. The molecule has 5 heteroatoms. The highest BCUT2D eigenvalue weighted by molar-refractivity contribution is 14.0. The van der Waals surface area contributed by atoms with Crippen molar-refractivity contribution in [1.29, 1.82) is 0 Å². The normalized spacial score (nSPS) is 11.5. The van der Waals surface area contributed by atoms with Gasteiger partial charge in [0.05, 0.1) is 7.11 Å². The van der Waals surface area contributed by atoms with E-state index in [4.69, 9.17) is 4.74 Å². The number of allylic oxidation sites excluding steroid dienone is 1. The Kier molecular flexibility index (Phi) is 10.8. The van der Waals surface area contributed by atoms with Gasteiger partial charge in [-0.25, -0.2) is 0 Å². The van der Waals surface area contributed by atoms with Gasteiger partial charge in [-0.3, -0.25) is 4.99 Å². The molecule has 0 aromatic heterocycles. The molecule has 1 aromatic rings. The molecule has 0 saturated heterocycles. The van der Waals surface area contributed by atoms with Crippen LogP contribution < -0.4 is 10.1 Å². The third-order valence-corrected chi connectivity index (χ3v) is 4.04. The van der Waals surface area contributed by atoms with Crippen molar-refractivity contribution in [2.45, 2.75) is 32.1 Å².